The topological polar surface area (TPSA) is 108 Å². The summed E-state index contributed by atoms with van der Waals surface area (Å²) >= 11 is 0. The van der Waals surface area contributed by atoms with Gasteiger partial charge in [-0.25, -0.2) is 0 Å². The number of hydrogen-bond acceptors (Lipinski definition) is 6. The molecule has 0 saturated carbocycles. The van der Waals surface area contributed by atoms with Gasteiger partial charge in [-0.3, -0.25) is 14.9 Å². The maximum absolute atomic E-state index is 12.3. The Morgan fingerprint density at radius 1 is 1.48 bits per heavy atom. The van der Waals surface area contributed by atoms with Gasteiger partial charge in [0.2, 0.25) is 5.75 Å². The largest absolute Gasteiger partial charge is 0.490 e. The summed E-state index contributed by atoms with van der Waals surface area (Å²) in [6.07, 6.45) is 2.95. The molecule has 0 spiro atoms. The molecule has 1 aliphatic rings. The molecule has 1 unspecified atom stereocenters. The van der Waals surface area contributed by atoms with Gasteiger partial charge < -0.3 is 20.1 Å². The molecule has 1 fully saturated rings. The molecule has 8 nitrogen and oxygen atoms in total. The van der Waals surface area contributed by atoms with Crippen molar-refractivity contribution in [3.05, 3.63) is 28.3 Å². The van der Waals surface area contributed by atoms with Gasteiger partial charge >= 0.3 is 5.69 Å². The van der Waals surface area contributed by atoms with Gasteiger partial charge in [-0.15, -0.1) is 0 Å². The second-order valence-electron chi connectivity index (χ2n) is 5.35. The van der Waals surface area contributed by atoms with Crippen molar-refractivity contribution in [1.82, 2.24) is 4.90 Å². The van der Waals surface area contributed by atoms with Gasteiger partial charge in [0.25, 0.3) is 5.91 Å². The molecule has 2 N–H and O–H groups in total. The molecule has 1 aromatic rings. The lowest BCUT2D eigenvalue weighted by atomic mass is 10.0. The molecule has 1 aliphatic heterocycles. The van der Waals surface area contributed by atoms with Crippen molar-refractivity contribution in [2.45, 2.75) is 25.3 Å². The Morgan fingerprint density at radius 3 is 2.91 bits per heavy atom. The fraction of sp³-hybridized carbons (Fsp3) is 0.533. The van der Waals surface area contributed by atoms with Crippen molar-refractivity contribution < 1.29 is 19.2 Å². The van der Waals surface area contributed by atoms with Crippen LogP contribution in [0.3, 0.4) is 0 Å². The third-order valence-electron chi connectivity index (χ3n) is 3.93. The summed E-state index contributed by atoms with van der Waals surface area (Å²) in [5.41, 5.74) is 5.56. The van der Waals surface area contributed by atoms with E-state index in [1.807, 2.05) is 0 Å². The molecular formula is C15H21N3O5. The Bertz CT molecular complexity index is 578. The van der Waals surface area contributed by atoms with E-state index in [0.29, 0.717) is 18.8 Å². The van der Waals surface area contributed by atoms with Crippen LogP contribution in [0.5, 0.6) is 11.5 Å². The minimum absolute atomic E-state index is 0.0613. The molecule has 126 valence electrons. The van der Waals surface area contributed by atoms with Crippen LogP contribution in [-0.4, -0.2) is 48.6 Å². The smallest absolute Gasteiger partial charge is 0.311 e. The second kappa shape index (κ2) is 7.77. The number of carbonyl (C=O) groups is 1. The summed E-state index contributed by atoms with van der Waals surface area (Å²) in [4.78, 5) is 24.3. The van der Waals surface area contributed by atoms with E-state index in [-0.39, 0.29) is 30.0 Å². The van der Waals surface area contributed by atoms with Crippen molar-refractivity contribution >= 4 is 11.6 Å². The lowest BCUT2D eigenvalue weighted by Gasteiger charge is -2.34. The van der Waals surface area contributed by atoms with Crippen LogP contribution in [0, 0.1) is 10.1 Å². The lowest BCUT2D eigenvalue weighted by Crippen LogP contribution is -2.49. The van der Waals surface area contributed by atoms with Crippen LogP contribution in [0.15, 0.2) is 18.2 Å². The van der Waals surface area contributed by atoms with E-state index < -0.39 is 4.92 Å². The molecule has 1 saturated heterocycles. The average molecular weight is 323 g/mol. The Kier molecular flexibility index (Phi) is 5.75. The fourth-order valence-electron chi connectivity index (χ4n) is 2.70. The zero-order valence-electron chi connectivity index (χ0n) is 13.1. The van der Waals surface area contributed by atoms with Crippen molar-refractivity contribution in [1.29, 1.82) is 0 Å². The molecule has 23 heavy (non-hydrogen) atoms. The molecule has 0 bridgehead atoms. The molecule has 1 atom stereocenters. The van der Waals surface area contributed by atoms with Crippen LogP contribution in [0.4, 0.5) is 5.69 Å². The van der Waals surface area contributed by atoms with E-state index in [1.165, 1.54) is 25.3 Å². The van der Waals surface area contributed by atoms with Gasteiger partial charge in [0.05, 0.1) is 12.0 Å². The highest BCUT2D eigenvalue weighted by atomic mass is 16.6. The average Bonchev–Trinajstić information content (AvgIpc) is 2.59. The Labute approximate surface area is 134 Å². The van der Waals surface area contributed by atoms with Crippen LogP contribution in [-0.2, 0) is 4.79 Å². The number of methoxy groups -OCH3 is 1. The first-order valence-electron chi connectivity index (χ1n) is 7.51. The molecule has 2 rings (SSSR count). The number of nitro groups is 1. The molecule has 0 radical (unpaired) electrons. The van der Waals surface area contributed by atoms with Gasteiger partial charge in [0.1, 0.15) is 5.75 Å². The van der Waals surface area contributed by atoms with E-state index in [2.05, 4.69) is 0 Å². The number of hydrogen-bond donors (Lipinski definition) is 1. The molecule has 0 aliphatic carbocycles. The Hall–Kier alpha value is -2.35. The molecule has 1 amide bonds. The first-order chi connectivity index (χ1) is 11.1. The van der Waals surface area contributed by atoms with Gasteiger partial charge in [-0.1, -0.05) is 0 Å². The van der Waals surface area contributed by atoms with Crippen LogP contribution >= 0.6 is 0 Å². The number of benzene rings is 1. The van der Waals surface area contributed by atoms with Gasteiger partial charge in [-0.05, 0) is 25.3 Å². The zero-order chi connectivity index (χ0) is 16.8. The van der Waals surface area contributed by atoms with Crippen LogP contribution in [0.1, 0.15) is 19.3 Å². The summed E-state index contributed by atoms with van der Waals surface area (Å²) in [5, 5.41) is 10.8. The van der Waals surface area contributed by atoms with Crippen molar-refractivity contribution in [3.63, 3.8) is 0 Å². The molecule has 1 heterocycles. The van der Waals surface area contributed by atoms with Crippen LogP contribution in [0.2, 0.25) is 0 Å². The predicted octanol–water partition coefficient (Wildman–Crippen LogP) is 1.32. The van der Waals surface area contributed by atoms with E-state index in [1.54, 1.807) is 4.90 Å². The van der Waals surface area contributed by atoms with Crippen molar-refractivity contribution in [2.75, 3.05) is 26.8 Å². The van der Waals surface area contributed by atoms with Crippen molar-refractivity contribution in [2.24, 2.45) is 5.73 Å². The zero-order valence-corrected chi connectivity index (χ0v) is 13.1. The highest BCUT2D eigenvalue weighted by Crippen LogP contribution is 2.30. The Morgan fingerprint density at radius 2 is 2.26 bits per heavy atom. The highest BCUT2D eigenvalue weighted by Gasteiger charge is 2.26. The lowest BCUT2D eigenvalue weighted by molar-refractivity contribution is -0.385. The van der Waals surface area contributed by atoms with E-state index in [9.17, 15) is 14.9 Å². The number of nitrogens with zero attached hydrogens (tertiary/aromatic N) is 2. The van der Waals surface area contributed by atoms with Crippen molar-refractivity contribution in [3.8, 4) is 11.5 Å². The number of rotatable bonds is 6. The van der Waals surface area contributed by atoms with E-state index >= 15 is 0 Å². The van der Waals surface area contributed by atoms with E-state index in [4.69, 9.17) is 15.2 Å². The molecule has 1 aromatic carbocycles. The summed E-state index contributed by atoms with van der Waals surface area (Å²) in [5.74, 6) is 0.317. The maximum atomic E-state index is 12.3. The molecular weight excluding hydrogens is 302 g/mol. The first kappa shape index (κ1) is 17.0. The number of nitro benzene ring substituents is 1. The summed E-state index contributed by atoms with van der Waals surface area (Å²) in [6, 6.07) is 4.21. The number of likely N-dealkylation sites (tertiary alicyclic amines) is 1. The van der Waals surface area contributed by atoms with Crippen LogP contribution < -0.4 is 15.2 Å². The van der Waals surface area contributed by atoms with Gasteiger partial charge in [0.15, 0.2) is 6.61 Å². The minimum atomic E-state index is -0.534. The van der Waals surface area contributed by atoms with Gasteiger partial charge in [-0.2, -0.15) is 0 Å². The number of amides is 1. The highest BCUT2D eigenvalue weighted by molar-refractivity contribution is 5.78. The van der Waals surface area contributed by atoms with Gasteiger partial charge in [0, 0.05) is 31.3 Å². The monoisotopic (exact) mass is 323 g/mol. The van der Waals surface area contributed by atoms with Crippen LogP contribution in [0.25, 0.3) is 0 Å². The minimum Gasteiger partial charge on any atom is -0.490 e. The Balaban J connectivity index is 2.00. The molecule has 8 heteroatoms. The maximum Gasteiger partial charge on any atom is 0.311 e. The number of piperidine rings is 1. The standard InChI is InChI=1S/C15H21N3O5/c1-22-14-8-12(5-6-13(14)18(20)21)23-10-15(19)17-7-3-2-4-11(17)9-16/h5-6,8,11H,2-4,7,9-10,16H2,1H3. The molecule has 0 aromatic heterocycles. The first-order valence-corrected chi connectivity index (χ1v) is 7.51. The second-order valence-corrected chi connectivity index (χ2v) is 5.35. The predicted molar refractivity (Wildman–Crippen MR) is 83.5 cm³/mol. The summed E-state index contributed by atoms with van der Waals surface area (Å²) < 4.78 is 10.4. The summed E-state index contributed by atoms with van der Waals surface area (Å²) in [6.45, 7) is 1.00. The number of nitrogens with two attached hydrogens (primary N) is 1. The van der Waals surface area contributed by atoms with E-state index in [0.717, 1.165) is 19.3 Å². The normalized spacial score (nSPS) is 17.7. The number of ether oxygens (including phenoxy) is 2. The third-order valence-corrected chi connectivity index (χ3v) is 3.93. The fourth-order valence-corrected chi connectivity index (χ4v) is 2.70. The number of carbonyl (C=O) groups excluding carboxylic acids is 1. The SMILES string of the molecule is COc1cc(OCC(=O)N2CCCCC2CN)ccc1[N+](=O)[O-]. The summed E-state index contributed by atoms with van der Waals surface area (Å²) in [7, 11) is 1.34. The third kappa shape index (κ3) is 4.10. The quantitative estimate of drug-likeness (QED) is 0.625.